The van der Waals surface area contributed by atoms with Gasteiger partial charge in [0.05, 0.1) is 4.90 Å². The van der Waals surface area contributed by atoms with Gasteiger partial charge in [0, 0.05) is 43.9 Å². The van der Waals surface area contributed by atoms with Gasteiger partial charge in [-0.3, -0.25) is 0 Å². The van der Waals surface area contributed by atoms with Gasteiger partial charge in [-0.2, -0.15) is 4.31 Å². The minimum absolute atomic E-state index is 0.352. The second kappa shape index (κ2) is 9.00. The molecule has 0 saturated carbocycles. The summed E-state index contributed by atoms with van der Waals surface area (Å²) in [7, 11) is -3.49. The average Bonchev–Trinajstić information content (AvgIpc) is 2.77. The molecule has 0 N–H and O–H groups in total. The van der Waals surface area contributed by atoms with Gasteiger partial charge in [-0.05, 0) is 45.4 Å². The predicted octanol–water partition coefficient (Wildman–Crippen LogP) is 3.81. The fourth-order valence-electron chi connectivity index (χ4n) is 4.10. The Labute approximate surface area is 191 Å². The molecule has 0 aliphatic carbocycles. The highest BCUT2D eigenvalue weighted by molar-refractivity contribution is 7.89. The van der Waals surface area contributed by atoms with Crippen LogP contribution in [-0.2, 0) is 16.4 Å². The number of rotatable bonds is 5. The number of aromatic nitrogens is 2. The number of sulfonamides is 1. The maximum absolute atomic E-state index is 13.1. The third-order valence-electron chi connectivity index (χ3n) is 6.00. The summed E-state index contributed by atoms with van der Waals surface area (Å²) in [5, 5.41) is 0. The average molecular weight is 451 g/mol. The zero-order chi connectivity index (χ0) is 22.9. The molecule has 0 radical (unpaired) electrons. The first kappa shape index (κ1) is 22.4. The van der Waals surface area contributed by atoms with Crippen LogP contribution in [0.3, 0.4) is 0 Å². The van der Waals surface area contributed by atoms with Gasteiger partial charge in [0.25, 0.3) is 0 Å². The van der Waals surface area contributed by atoms with Gasteiger partial charge < -0.3 is 4.90 Å². The Morgan fingerprint density at radius 3 is 1.94 bits per heavy atom. The monoisotopic (exact) mass is 450 g/mol. The van der Waals surface area contributed by atoms with E-state index in [0.29, 0.717) is 31.1 Å². The zero-order valence-electron chi connectivity index (χ0n) is 19.2. The minimum atomic E-state index is -3.49. The van der Waals surface area contributed by atoms with Crippen molar-refractivity contribution in [2.45, 2.75) is 39.0 Å². The first-order valence-electron chi connectivity index (χ1n) is 11.0. The lowest BCUT2D eigenvalue weighted by molar-refractivity contribution is 0.383. The van der Waals surface area contributed by atoms with Gasteiger partial charge in [-0.1, -0.05) is 47.5 Å². The Morgan fingerprint density at radius 1 is 0.781 bits per heavy atom. The molecule has 0 unspecified atom stereocenters. The topological polar surface area (TPSA) is 66.4 Å². The van der Waals surface area contributed by atoms with Gasteiger partial charge in [0.2, 0.25) is 10.0 Å². The van der Waals surface area contributed by atoms with Crippen molar-refractivity contribution in [3.05, 3.63) is 82.3 Å². The van der Waals surface area contributed by atoms with E-state index in [1.807, 2.05) is 32.9 Å². The SMILES string of the molecule is Cc1ccc(Cc2c(C)nc(C)nc2N2CCN(S(=O)(=O)c3ccc(C)cc3)CC2)cc1. The molecule has 0 bridgehead atoms. The maximum atomic E-state index is 13.1. The molecule has 7 heteroatoms. The van der Waals surface area contributed by atoms with E-state index in [9.17, 15) is 8.42 Å². The molecule has 1 aliphatic rings. The summed E-state index contributed by atoms with van der Waals surface area (Å²) >= 11 is 0. The van der Waals surface area contributed by atoms with E-state index >= 15 is 0 Å². The van der Waals surface area contributed by atoms with Crippen LogP contribution in [0.4, 0.5) is 5.82 Å². The quantitative estimate of drug-likeness (QED) is 0.591. The molecule has 4 rings (SSSR count). The number of nitrogens with zero attached hydrogens (tertiary/aromatic N) is 4. The van der Waals surface area contributed by atoms with E-state index in [4.69, 9.17) is 4.98 Å². The number of hydrogen-bond donors (Lipinski definition) is 0. The highest BCUT2D eigenvalue weighted by Crippen LogP contribution is 2.26. The molecule has 2 aromatic carbocycles. The zero-order valence-corrected chi connectivity index (χ0v) is 20.0. The Hall–Kier alpha value is -2.77. The van der Waals surface area contributed by atoms with E-state index in [1.54, 1.807) is 16.4 Å². The van der Waals surface area contributed by atoms with Gasteiger partial charge >= 0.3 is 0 Å². The summed E-state index contributed by atoms with van der Waals surface area (Å²) in [6, 6.07) is 15.6. The lowest BCUT2D eigenvalue weighted by Crippen LogP contribution is -2.49. The van der Waals surface area contributed by atoms with Crippen molar-refractivity contribution in [1.82, 2.24) is 14.3 Å². The molecule has 1 aromatic heterocycles. The normalized spacial score (nSPS) is 15.2. The van der Waals surface area contributed by atoms with Crippen LogP contribution in [-0.4, -0.2) is 48.9 Å². The van der Waals surface area contributed by atoms with Crippen LogP contribution in [0.25, 0.3) is 0 Å². The van der Waals surface area contributed by atoms with Crippen LogP contribution >= 0.6 is 0 Å². The van der Waals surface area contributed by atoms with Crippen LogP contribution in [0.1, 0.15) is 33.8 Å². The van der Waals surface area contributed by atoms with Crippen molar-refractivity contribution in [3.8, 4) is 0 Å². The van der Waals surface area contributed by atoms with E-state index in [2.05, 4.69) is 41.1 Å². The first-order chi connectivity index (χ1) is 15.2. The van der Waals surface area contributed by atoms with Gasteiger partial charge in [-0.25, -0.2) is 18.4 Å². The van der Waals surface area contributed by atoms with Crippen LogP contribution in [0.5, 0.6) is 0 Å². The smallest absolute Gasteiger partial charge is 0.243 e. The molecule has 1 aliphatic heterocycles. The molecule has 32 heavy (non-hydrogen) atoms. The van der Waals surface area contributed by atoms with Crippen molar-refractivity contribution >= 4 is 15.8 Å². The Bertz CT molecular complexity index is 1200. The summed E-state index contributed by atoms with van der Waals surface area (Å²) in [5.74, 6) is 1.66. The fraction of sp³-hybridized carbons (Fsp3) is 0.360. The van der Waals surface area contributed by atoms with Crippen molar-refractivity contribution in [3.63, 3.8) is 0 Å². The standard InChI is InChI=1S/C25H30N4O2S/c1-18-5-9-22(10-6-18)17-24-20(3)26-21(4)27-25(24)28-13-15-29(16-14-28)32(30,31)23-11-7-19(2)8-12-23/h5-12H,13-17H2,1-4H3. The Balaban J connectivity index is 1.55. The molecule has 0 atom stereocenters. The number of anilines is 1. The third kappa shape index (κ3) is 4.69. The van der Waals surface area contributed by atoms with E-state index in [-0.39, 0.29) is 0 Å². The van der Waals surface area contributed by atoms with Crippen LogP contribution in [0.2, 0.25) is 0 Å². The van der Waals surface area contributed by atoms with Gasteiger partial charge in [0.1, 0.15) is 11.6 Å². The van der Waals surface area contributed by atoms with E-state index in [0.717, 1.165) is 34.9 Å². The lowest BCUT2D eigenvalue weighted by atomic mass is 10.0. The molecule has 0 spiro atoms. The summed E-state index contributed by atoms with van der Waals surface area (Å²) in [4.78, 5) is 11.9. The molecule has 1 fully saturated rings. The Morgan fingerprint density at radius 2 is 1.34 bits per heavy atom. The third-order valence-corrected chi connectivity index (χ3v) is 7.92. The summed E-state index contributed by atoms with van der Waals surface area (Å²) in [6.45, 7) is 10.0. The summed E-state index contributed by atoms with van der Waals surface area (Å²) in [6.07, 6.45) is 0.754. The van der Waals surface area contributed by atoms with Crippen LogP contribution in [0, 0.1) is 27.7 Å². The first-order valence-corrected chi connectivity index (χ1v) is 12.4. The Kier molecular flexibility index (Phi) is 6.31. The molecule has 0 amide bonds. The van der Waals surface area contributed by atoms with Crippen molar-refractivity contribution in [2.24, 2.45) is 0 Å². The van der Waals surface area contributed by atoms with Gasteiger partial charge in [-0.15, -0.1) is 0 Å². The molecular formula is C25H30N4O2S. The molecule has 6 nitrogen and oxygen atoms in total. The number of benzene rings is 2. The highest BCUT2D eigenvalue weighted by Gasteiger charge is 2.30. The van der Waals surface area contributed by atoms with Crippen molar-refractivity contribution in [2.75, 3.05) is 31.1 Å². The molecule has 1 saturated heterocycles. The van der Waals surface area contributed by atoms with Gasteiger partial charge in [0.15, 0.2) is 0 Å². The summed E-state index contributed by atoms with van der Waals surface area (Å²) in [5.41, 5.74) is 5.58. The second-order valence-corrected chi connectivity index (χ2v) is 10.5. The highest BCUT2D eigenvalue weighted by atomic mass is 32.2. The van der Waals surface area contributed by atoms with Crippen LogP contribution in [0.15, 0.2) is 53.4 Å². The van der Waals surface area contributed by atoms with E-state index < -0.39 is 10.0 Å². The summed E-state index contributed by atoms with van der Waals surface area (Å²) < 4.78 is 27.7. The van der Waals surface area contributed by atoms with Crippen LogP contribution < -0.4 is 4.90 Å². The largest absolute Gasteiger partial charge is 0.354 e. The van der Waals surface area contributed by atoms with Crippen molar-refractivity contribution < 1.29 is 8.42 Å². The molecule has 3 aromatic rings. The number of hydrogen-bond acceptors (Lipinski definition) is 5. The van der Waals surface area contributed by atoms with E-state index in [1.165, 1.54) is 11.1 Å². The fourth-order valence-corrected chi connectivity index (χ4v) is 5.52. The maximum Gasteiger partial charge on any atom is 0.243 e. The molecular weight excluding hydrogens is 420 g/mol. The molecule has 2 heterocycles. The predicted molar refractivity (Wildman–Crippen MR) is 128 cm³/mol. The minimum Gasteiger partial charge on any atom is -0.354 e. The molecule has 168 valence electrons. The number of aryl methyl sites for hydroxylation is 4. The van der Waals surface area contributed by atoms with Crippen molar-refractivity contribution in [1.29, 1.82) is 0 Å². The lowest BCUT2D eigenvalue weighted by Gasteiger charge is -2.36. The number of piperazine rings is 1. The second-order valence-electron chi connectivity index (χ2n) is 8.52.